The molecule has 39 heavy (non-hydrogen) atoms. The van der Waals surface area contributed by atoms with Gasteiger partial charge in [0.1, 0.15) is 10.8 Å². The highest BCUT2D eigenvalue weighted by molar-refractivity contribution is 7.19. The summed E-state index contributed by atoms with van der Waals surface area (Å²) in [6.07, 6.45) is 5.85. The quantitative estimate of drug-likeness (QED) is 0.169. The number of unbranched alkanes of at least 4 members (excludes halogenated alkanes) is 2. The Kier molecular flexibility index (Phi) is 8.91. The van der Waals surface area contributed by atoms with Gasteiger partial charge in [0, 0.05) is 24.2 Å². The highest BCUT2D eigenvalue weighted by Crippen LogP contribution is 2.30. The third-order valence-corrected chi connectivity index (χ3v) is 7.73. The second-order valence-corrected chi connectivity index (χ2v) is 10.9. The lowest BCUT2D eigenvalue weighted by atomic mass is 10.1. The van der Waals surface area contributed by atoms with Crippen LogP contribution in [0.15, 0.2) is 54.7 Å². The average molecular weight is 549 g/mol. The molecule has 1 aliphatic rings. The Morgan fingerprint density at radius 1 is 1.00 bits per heavy atom. The molecular weight excluding hydrogens is 512 g/mol. The number of hydrogen-bond donors (Lipinski definition) is 0. The number of carbonyl (C=O) groups is 1. The Labute approximate surface area is 233 Å². The molecule has 0 radical (unpaired) electrons. The molecule has 2 aromatic carbocycles. The van der Waals surface area contributed by atoms with Gasteiger partial charge in [-0.1, -0.05) is 23.5 Å². The van der Waals surface area contributed by atoms with Gasteiger partial charge in [-0.3, -0.25) is 4.90 Å². The van der Waals surface area contributed by atoms with E-state index in [0.29, 0.717) is 24.4 Å². The number of hydrogen-bond acceptors (Lipinski definition) is 8. The molecule has 2 atom stereocenters. The fourth-order valence-corrected chi connectivity index (χ4v) is 5.84. The van der Waals surface area contributed by atoms with Crippen molar-refractivity contribution in [2.75, 3.05) is 32.8 Å². The molecule has 0 saturated carbocycles. The summed E-state index contributed by atoms with van der Waals surface area (Å²) in [5.74, 6) is 0.553. The Balaban J connectivity index is 1.12. The molecule has 0 aliphatic carbocycles. The van der Waals surface area contributed by atoms with Crippen molar-refractivity contribution in [3.05, 3.63) is 60.3 Å². The molecule has 0 amide bonds. The SMILES string of the molecule is CCOC(=O)c1ccc(-c2cnc3sc(-c4ccc(OCCCCCN5CC(C)OC(C)C5)cc4)nn23)cc1. The first-order chi connectivity index (χ1) is 19.0. The number of ether oxygens (including phenoxy) is 3. The van der Waals surface area contributed by atoms with Gasteiger partial charge >= 0.3 is 5.97 Å². The smallest absolute Gasteiger partial charge is 0.338 e. The van der Waals surface area contributed by atoms with Gasteiger partial charge in [0.2, 0.25) is 4.96 Å². The van der Waals surface area contributed by atoms with Crippen LogP contribution in [0.4, 0.5) is 0 Å². The second-order valence-electron chi connectivity index (χ2n) is 9.99. The van der Waals surface area contributed by atoms with Crippen LogP contribution in [0.1, 0.15) is 50.4 Å². The van der Waals surface area contributed by atoms with Crippen molar-refractivity contribution in [1.29, 1.82) is 0 Å². The molecule has 8 nitrogen and oxygen atoms in total. The summed E-state index contributed by atoms with van der Waals surface area (Å²) in [5, 5.41) is 5.70. The molecule has 3 heterocycles. The minimum atomic E-state index is -0.320. The Hall–Kier alpha value is -3.27. The molecule has 0 N–H and O–H groups in total. The average Bonchev–Trinajstić information content (AvgIpc) is 3.52. The van der Waals surface area contributed by atoms with Crippen LogP contribution < -0.4 is 4.74 Å². The van der Waals surface area contributed by atoms with Crippen LogP contribution in [0.25, 0.3) is 26.8 Å². The summed E-state index contributed by atoms with van der Waals surface area (Å²) < 4.78 is 18.7. The second kappa shape index (κ2) is 12.7. The zero-order valence-electron chi connectivity index (χ0n) is 22.8. The van der Waals surface area contributed by atoms with E-state index in [9.17, 15) is 4.79 Å². The van der Waals surface area contributed by atoms with Gasteiger partial charge in [-0.25, -0.2) is 14.3 Å². The lowest BCUT2D eigenvalue weighted by Gasteiger charge is -2.35. The van der Waals surface area contributed by atoms with Crippen LogP contribution in [0.2, 0.25) is 0 Å². The highest BCUT2D eigenvalue weighted by atomic mass is 32.1. The molecule has 9 heteroatoms. The third-order valence-electron chi connectivity index (χ3n) is 6.76. The minimum Gasteiger partial charge on any atom is -0.494 e. The summed E-state index contributed by atoms with van der Waals surface area (Å²) >= 11 is 1.54. The number of imidazole rings is 1. The number of rotatable bonds is 11. The van der Waals surface area contributed by atoms with Crippen molar-refractivity contribution < 1.29 is 19.0 Å². The molecule has 4 aromatic rings. The third kappa shape index (κ3) is 6.84. The molecule has 2 unspecified atom stereocenters. The van der Waals surface area contributed by atoms with E-state index in [2.05, 4.69) is 23.7 Å². The van der Waals surface area contributed by atoms with E-state index in [4.69, 9.17) is 19.3 Å². The maximum absolute atomic E-state index is 11.9. The largest absolute Gasteiger partial charge is 0.494 e. The predicted molar refractivity (Wildman–Crippen MR) is 153 cm³/mol. The maximum atomic E-state index is 11.9. The highest BCUT2D eigenvalue weighted by Gasteiger charge is 2.21. The van der Waals surface area contributed by atoms with Gasteiger partial charge in [-0.2, -0.15) is 5.10 Å². The molecular formula is C30H36N4O4S. The maximum Gasteiger partial charge on any atom is 0.338 e. The fraction of sp³-hybridized carbons (Fsp3) is 0.433. The lowest BCUT2D eigenvalue weighted by Crippen LogP contribution is -2.45. The van der Waals surface area contributed by atoms with E-state index in [1.54, 1.807) is 25.3 Å². The molecule has 5 rings (SSSR count). The summed E-state index contributed by atoms with van der Waals surface area (Å²) in [5.41, 5.74) is 3.36. The number of morpholine rings is 1. The zero-order valence-corrected chi connectivity index (χ0v) is 23.7. The molecule has 2 aromatic heterocycles. The molecule has 0 bridgehead atoms. The van der Waals surface area contributed by atoms with Crippen molar-refractivity contribution in [1.82, 2.24) is 19.5 Å². The van der Waals surface area contributed by atoms with Gasteiger partial charge in [-0.05, 0) is 83.0 Å². The number of aromatic nitrogens is 3. The number of benzene rings is 2. The summed E-state index contributed by atoms with van der Waals surface area (Å²) in [6, 6.07) is 15.4. The minimum absolute atomic E-state index is 0.320. The van der Waals surface area contributed by atoms with Gasteiger partial charge < -0.3 is 14.2 Å². The normalized spacial score (nSPS) is 17.9. The summed E-state index contributed by atoms with van der Waals surface area (Å²) in [4.78, 5) is 19.8. The number of fused-ring (bicyclic) bond motifs is 1. The van der Waals surface area contributed by atoms with Crippen LogP contribution in [-0.4, -0.2) is 70.5 Å². The summed E-state index contributed by atoms with van der Waals surface area (Å²) in [7, 11) is 0. The van der Waals surface area contributed by atoms with Crippen molar-refractivity contribution >= 4 is 22.3 Å². The van der Waals surface area contributed by atoms with Crippen LogP contribution in [0.5, 0.6) is 5.75 Å². The van der Waals surface area contributed by atoms with E-state index >= 15 is 0 Å². The number of carbonyl (C=O) groups excluding carboxylic acids is 1. The molecule has 0 spiro atoms. The first-order valence-corrected chi connectivity index (χ1v) is 14.5. The van der Waals surface area contributed by atoms with Gasteiger partial charge in [0.15, 0.2) is 0 Å². The Bertz CT molecular complexity index is 1360. The first-order valence-electron chi connectivity index (χ1n) is 13.7. The molecule has 1 fully saturated rings. The van der Waals surface area contributed by atoms with Gasteiger partial charge in [0.05, 0.1) is 42.9 Å². The topological polar surface area (TPSA) is 78.2 Å². The van der Waals surface area contributed by atoms with Crippen LogP contribution in [0, 0.1) is 0 Å². The standard InChI is InChI=1S/C30H36N4O4S/c1-4-36-29(35)25-10-8-23(9-11-25)27-18-31-30-34(27)32-28(39-30)24-12-14-26(15-13-24)37-17-7-5-6-16-33-19-21(2)38-22(3)20-33/h8-15,18,21-22H,4-7,16-17,19-20H2,1-3H3. The van der Waals surface area contributed by atoms with Crippen molar-refractivity contribution in [3.63, 3.8) is 0 Å². The Morgan fingerprint density at radius 2 is 1.72 bits per heavy atom. The number of esters is 1. The monoisotopic (exact) mass is 548 g/mol. The van der Waals surface area contributed by atoms with Crippen LogP contribution >= 0.6 is 11.3 Å². The predicted octanol–water partition coefficient (Wildman–Crippen LogP) is 5.96. The lowest BCUT2D eigenvalue weighted by molar-refractivity contribution is -0.0682. The van der Waals surface area contributed by atoms with E-state index in [1.807, 2.05) is 40.9 Å². The molecule has 1 aliphatic heterocycles. The zero-order chi connectivity index (χ0) is 27.2. The van der Waals surface area contributed by atoms with Gasteiger partial charge in [0.25, 0.3) is 0 Å². The van der Waals surface area contributed by atoms with E-state index in [1.165, 1.54) is 17.8 Å². The van der Waals surface area contributed by atoms with E-state index in [0.717, 1.165) is 71.6 Å². The number of nitrogens with zero attached hydrogens (tertiary/aromatic N) is 4. The fourth-order valence-electron chi connectivity index (χ4n) is 4.96. The van der Waals surface area contributed by atoms with E-state index in [-0.39, 0.29) is 5.97 Å². The van der Waals surface area contributed by atoms with Crippen molar-refractivity contribution in [2.45, 2.75) is 52.2 Å². The van der Waals surface area contributed by atoms with Crippen molar-refractivity contribution in [3.8, 4) is 27.6 Å². The van der Waals surface area contributed by atoms with E-state index < -0.39 is 0 Å². The summed E-state index contributed by atoms with van der Waals surface area (Å²) in [6.45, 7) is 10.4. The van der Waals surface area contributed by atoms with Gasteiger partial charge in [-0.15, -0.1) is 0 Å². The Morgan fingerprint density at radius 3 is 2.44 bits per heavy atom. The van der Waals surface area contributed by atoms with Crippen molar-refractivity contribution in [2.24, 2.45) is 0 Å². The molecule has 1 saturated heterocycles. The first kappa shape index (κ1) is 27.3. The molecule has 206 valence electrons. The van der Waals surface area contributed by atoms with Crippen LogP contribution in [0.3, 0.4) is 0 Å². The van der Waals surface area contributed by atoms with Crippen LogP contribution in [-0.2, 0) is 9.47 Å².